The lowest BCUT2D eigenvalue weighted by Gasteiger charge is -2.36. The van der Waals surface area contributed by atoms with Gasteiger partial charge in [-0.3, -0.25) is 10.5 Å². The minimum Gasteiger partial charge on any atom is -0.481 e. The first-order valence-electron chi connectivity index (χ1n) is 9.90. The SMILES string of the molecule is CC(=O)O.CCOC(C)(N)N(C(=O)OC)c1ccc(-n2cnc(-c3ccccc3)c2)cc1. The summed E-state index contributed by atoms with van der Waals surface area (Å²) >= 11 is 0. The van der Waals surface area contributed by atoms with E-state index in [-0.39, 0.29) is 0 Å². The number of amides is 1. The van der Waals surface area contributed by atoms with E-state index in [1.807, 2.05) is 60.2 Å². The molecule has 0 saturated carbocycles. The fraction of sp³-hybridized carbons (Fsp3) is 0.261. The van der Waals surface area contributed by atoms with Crippen molar-refractivity contribution in [1.29, 1.82) is 0 Å². The number of nitrogens with zero attached hydrogens (tertiary/aromatic N) is 3. The monoisotopic (exact) mass is 440 g/mol. The zero-order chi connectivity index (χ0) is 23.7. The lowest BCUT2D eigenvalue weighted by molar-refractivity contribution is -0.134. The topological polar surface area (TPSA) is 120 Å². The maximum atomic E-state index is 12.3. The van der Waals surface area contributed by atoms with Crippen LogP contribution in [-0.4, -0.2) is 46.3 Å². The standard InChI is InChI=1S/C21H24N4O3.C2H4O2/c1-4-28-21(2,22)25(20(26)27-3)18-12-10-17(11-13-18)24-14-19(23-15-24)16-8-6-5-7-9-16;1-2(3)4/h5-15H,4,22H2,1-3H3;1H3,(H,3,4). The molecule has 3 rings (SSSR count). The lowest BCUT2D eigenvalue weighted by atomic mass is 10.2. The average Bonchev–Trinajstić information content (AvgIpc) is 3.24. The van der Waals surface area contributed by atoms with Crippen molar-refractivity contribution in [2.45, 2.75) is 26.6 Å². The number of hydrogen-bond donors (Lipinski definition) is 2. The van der Waals surface area contributed by atoms with Crippen LogP contribution in [0, 0.1) is 0 Å². The quantitative estimate of drug-likeness (QED) is 0.558. The normalized spacial score (nSPS) is 12.2. The molecule has 1 aromatic heterocycles. The van der Waals surface area contributed by atoms with Gasteiger partial charge in [-0.1, -0.05) is 30.3 Å². The van der Waals surface area contributed by atoms with Gasteiger partial charge in [0.1, 0.15) is 0 Å². The van der Waals surface area contributed by atoms with Crippen LogP contribution >= 0.6 is 0 Å². The molecule has 1 unspecified atom stereocenters. The minimum absolute atomic E-state index is 0.357. The van der Waals surface area contributed by atoms with Gasteiger partial charge >= 0.3 is 6.09 Å². The summed E-state index contributed by atoms with van der Waals surface area (Å²) in [6, 6.07) is 17.3. The van der Waals surface area contributed by atoms with Crippen molar-refractivity contribution < 1.29 is 24.2 Å². The third-order valence-corrected chi connectivity index (χ3v) is 4.30. The fourth-order valence-electron chi connectivity index (χ4n) is 2.99. The number of methoxy groups -OCH3 is 1. The Labute approximate surface area is 187 Å². The molecule has 3 N–H and O–H groups in total. The van der Waals surface area contributed by atoms with Crippen molar-refractivity contribution in [3.63, 3.8) is 0 Å². The molecule has 1 atom stereocenters. The van der Waals surface area contributed by atoms with Gasteiger partial charge in [-0.2, -0.15) is 0 Å². The molecule has 9 heteroatoms. The highest BCUT2D eigenvalue weighted by Gasteiger charge is 2.34. The van der Waals surface area contributed by atoms with Crippen LogP contribution in [0.3, 0.4) is 0 Å². The predicted octanol–water partition coefficient (Wildman–Crippen LogP) is 3.87. The first-order valence-corrected chi connectivity index (χ1v) is 9.90. The maximum absolute atomic E-state index is 12.3. The summed E-state index contributed by atoms with van der Waals surface area (Å²) in [6.07, 6.45) is 3.11. The Hall–Kier alpha value is -3.69. The number of anilines is 1. The number of carboxylic acid groups (broad SMARTS) is 1. The minimum atomic E-state index is -1.33. The lowest BCUT2D eigenvalue weighted by Crippen LogP contribution is -2.58. The van der Waals surface area contributed by atoms with Gasteiger partial charge in [-0.25, -0.2) is 14.7 Å². The van der Waals surface area contributed by atoms with Crippen LogP contribution in [0.15, 0.2) is 67.1 Å². The summed E-state index contributed by atoms with van der Waals surface area (Å²) in [5.41, 5.74) is 9.58. The van der Waals surface area contributed by atoms with Gasteiger partial charge in [-0.05, 0) is 38.1 Å². The number of ether oxygens (including phenoxy) is 2. The van der Waals surface area contributed by atoms with Gasteiger partial charge in [0.05, 0.1) is 24.8 Å². The van der Waals surface area contributed by atoms with E-state index in [2.05, 4.69) is 4.98 Å². The van der Waals surface area contributed by atoms with Crippen molar-refractivity contribution in [1.82, 2.24) is 9.55 Å². The van der Waals surface area contributed by atoms with Crippen LogP contribution in [0.25, 0.3) is 16.9 Å². The largest absolute Gasteiger partial charge is 0.481 e. The molecule has 0 aliphatic rings. The van der Waals surface area contributed by atoms with Crippen LogP contribution in [0.2, 0.25) is 0 Å². The van der Waals surface area contributed by atoms with E-state index in [1.54, 1.807) is 25.4 Å². The number of hydrogen-bond acceptors (Lipinski definition) is 6. The van der Waals surface area contributed by atoms with Crippen LogP contribution in [0.5, 0.6) is 0 Å². The zero-order valence-electron chi connectivity index (χ0n) is 18.6. The number of aromatic nitrogens is 2. The van der Waals surface area contributed by atoms with Gasteiger partial charge in [-0.15, -0.1) is 0 Å². The third kappa shape index (κ3) is 6.40. The third-order valence-electron chi connectivity index (χ3n) is 4.30. The highest BCUT2D eigenvalue weighted by Crippen LogP contribution is 2.25. The van der Waals surface area contributed by atoms with E-state index in [1.165, 1.54) is 12.0 Å². The van der Waals surface area contributed by atoms with Gasteiger partial charge in [0.2, 0.25) is 5.85 Å². The van der Waals surface area contributed by atoms with Crippen LogP contribution < -0.4 is 10.6 Å². The Bertz CT molecular complexity index is 1010. The summed E-state index contributed by atoms with van der Waals surface area (Å²) in [6.45, 7) is 4.87. The molecule has 0 fully saturated rings. The van der Waals surface area contributed by atoms with E-state index in [4.69, 9.17) is 25.1 Å². The van der Waals surface area contributed by atoms with Crippen LogP contribution in [-0.2, 0) is 14.3 Å². The van der Waals surface area contributed by atoms with E-state index >= 15 is 0 Å². The van der Waals surface area contributed by atoms with E-state index in [0.717, 1.165) is 23.9 Å². The van der Waals surface area contributed by atoms with Crippen LogP contribution in [0.4, 0.5) is 10.5 Å². The molecule has 0 spiro atoms. The van der Waals surface area contributed by atoms with Crippen molar-refractivity contribution >= 4 is 17.7 Å². The van der Waals surface area contributed by atoms with Crippen LogP contribution in [0.1, 0.15) is 20.8 Å². The number of carbonyl (C=O) groups is 2. The molecule has 32 heavy (non-hydrogen) atoms. The smallest absolute Gasteiger partial charge is 0.417 e. The zero-order valence-corrected chi connectivity index (χ0v) is 18.6. The summed E-state index contributed by atoms with van der Waals surface area (Å²) in [4.78, 5) is 27.0. The molecular formula is C23H28N4O5. The molecule has 170 valence electrons. The number of imidazole rings is 1. The Kier molecular flexibility index (Phi) is 8.51. The number of carbonyl (C=O) groups excluding carboxylic acids is 1. The van der Waals surface area contributed by atoms with Crippen molar-refractivity contribution in [2.75, 3.05) is 18.6 Å². The fourth-order valence-corrected chi connectivity index (χ4v) is 2.99. The van der Waals surface area contributed by atoms with Gasteiger partial charge < -0.3 is 19.1 Å². The Morgan fingerprint density at radius 1 is 1.16 bits per heavy atom. The van der Waals surface area contributed by atoms with Crippen molar-refractivity contribution in [3.8, 4) is 16.9 Å². The molecule has 0 radical (unpaired) electrons. The van der Waals surface area contributed by atoms with E-state index < -0.39 is 17.9 Å². The number of carboxylic acids is 1. The second-order valence-electron chi connectivity index (χ2n) is 6.86. The van der Waals surface area contributed by atoms with Crippen molar-refractivity contribution in [2.24, 2.45) is 5.73 Å². The van der Waals surface area contributed by atoms with E-state index in [0.29, 0.717) is 12.3 Å². The summed E-state index contributed by atoms with van der Waals surface area (Å²) in [5.74, 6) is -2.17. The Morgan fingerprint density at radius 3 is 2.28 bits per heavy atom. The van der Waals surface area contributed by atoms with Crippen molar-refractivity contribution in [3.05, 3.63) is 67.1 Å². The summed E-state index contributed by atoms with van der Waals surface area (Å²) < 4.78 is 12.3. The number of rotatable bonds is 6. The molecule has 0 aliphatic carbocycles. The average molecular weight is 441 g/mol. The summed E-state index contributed by atoms with van der Waals surface area (Å²) in [7, 11) is 1.31. The Balaban J connectivity index is 0.000000837. The summed E-state index contributed by atoms with van der Waals surface area (Å²) in [5, 5.41) is 7.42. The van der Waals surface area contributed by atoms with Gasteiger partial charge in [0, 0.05) is 31.0 Å². The Morgan fingerprint density at radius 2 is 1.75 bits per heavy atom. The molecule has 0 saturated heterocycles. The molecule has 1 heterocycles. The van der Waals surface area contributed by atoms with Gasteiger partial charge in [0.25, 0.3) is 5.97 Å². The highest BCUT2D eigenvalue weighted by molar-refractivity contribution is 5.88. The number of aliphatic carboxylic acids is 1. The highest BCUT2D eigenvalue weighted by atomic mass is 16.6. The molecule has 2 aromatic carbocycles. The molecule has 0 bridgehead atoms. The molecule has 3 aromatic rings. The van der Waals surface area contributed by atoms with Gasteiger partial charge in [0.15, 0.2) is 0 Å². The second kappa shape index (κ2) is 11.1. The second-order valence-corrected chi connectivity index (χ2v) is 6.86. The molecule has 0 aliphatic heterocycles. The first kappa shape index (κ1) is 24.6. The maximum Gasteiger partial charge on any atom is 0.417 e. The number of nitrogens with two attached hydrogens (primary N) is 1. The first-order chi connectivity index (χ1) is 15.2. The predicted molar refractivity (Wildman–Crippen MR) is 121 cm³/mol. The number of benzene rings is 2. The molecule has 9 nitrogen and oxygen atoms in total. The molecule has 1 amide bonds. The van der Waals surface area contributed by atoms with E-state index in [9.17, 15) is 4.79 Å². The molecular weight excluding hydrogens is 412 g/mol.